The van der Waals surface area contributed by atoms with E-state index in [2.05, 4.69) is 17.1 Å². The highest BCUT2D eigenvalue weighted by atomic mass is 16.5. The average Bonchev–Trinajstić information content (AvgIpc) is 3.22. The van der Waals surface area contributed by atoms with Crippen LogP contribution in [0.4, 0.5) is 11.4 Å². The number of rotatable bonds is 6. The number of hydrogen-bond donors (Lipinski definition) is 2. The van der Waals surface area contributed by atoms with Crippen molar-refractivity contribution in [3.05, 3.63) is 18.2 Å². The molecular formula is C14H21N3O2. The van der Waals surface area contributed by atoms with Crippen molar-refractivity contribution in [2.75, 3.05) is 31.2 Å². The van der Waals surface area contributed by atoms with Gasteiger partial charge < -0.3 is 15.8 Å². The number of carbonyl (C=O) groups excluding carboxylic acids is 1. The van der Waals surface area contributed by atoms with Gasteiger partial charge in [-0.1, -0.05) is 6.92 Å². The summed E-state index contributed by atoms with van der Waals surface area (Å²) in [6.45, 7) is 3.40. The van der Waals surface area contributed by atoms with Gasteiger partial charge in [0.15, 0.2) is 0 Å². The quantitative estimate of drug-likeness (QED) is 0.767. The standard InChI is InChI=1S/C14H21N3O2/c1-3-17(10-4-5-10)9-14(18)16-13-7-6-11(19-2)8-12(13)15/h6-8,10H,3-5,9,15H2,1-2H3,(H,16,18). The fourth-order valence-electron chi connectivity index (χ4n) is 2.09. The van der Waals surface area contributed by atoms with Crippen LogP contribution in [0.2, 0.25) is 0 Å². The number of nitrogens with two attached hydrogens (primary N) is 1. The summed E-state index contributed by atoms with van der Waals surface area (Å²) in [5.41, 5.74) is 7.02. The van der Waals surface area contributed by atoms with Crippen LogP contribution >= 0.6 is 0 Å². The molecule has 1 saturated carbocycles. The van der Waals surface area contributed by atoms with Crippen LogP contribution in [0, 0.1) is 0 Å². The molecular weight excluding hydrogens is 242 g/mol. The van der Waals surface area contributed by atoms with Crippen LogP contribution < -0.4 is 15.8 Å². The van der Waals surface area contributed by atoms with Gasteiger partial charge in [0, 0.05) is 12.1 Å². The molecule has 1 fully saturated rings. The molecule has 0 saturated heterocycles. The molecule has 1 aromatic carbocycles. The van der Waals surface area contributed by atoms with Crippen molar-refractivity contribution in [2.45, 2.75) is 25.8 Å². The first-order valence-corrected chi connectivity index (χ1v) is 6.61. The Morgan fingerprint density at radius 2 is 2.26 bits per heavy atom. The minimum absolute atomic E-state index is 0.0226. The maximum absolute atomic E-state index is 12.0. The molecule has 2 rings (SSSR count). The Morgan fingerprint density at radius 3 is 2.79 bits per heavy atom. The molecule has 0 spiro atoms. The molecule has 0 aliphatic heterocycles. The predicted octanol–water partition coefficient (Wildman–Crippen LogP) is 1.70. The zero-order valence-corrected chi connectivity index (χ0v) is 11.5. The number of likely N-dealkylation sites (N-methyl/N-ethyl adjacent to an activating group) is 1. The van der Waals surface area contributed by atoms with Crippen molar-refractivity contribution in [1.82, 2.24) is 4.90 Å². The topological polar surface area (TPSA) is 67.6 Å². The van der Waals surface area contributed by atoms with Crippen molar-refractivity contribution in [1.29, 1.82) is 0 Å². The summed E-state index contributed by atoms with van der Waals surface area (Å²) >= 11 is 0. The summed E-state index contributed by atoms with van der Waals surface area (Å²) in [5, 5.41) is 2.85. The Morgan fingerprint density at radius 1 is 1.53 bits per heavy atom. The molecule has 0 atom stereocenters. The first-order chi connectivity index (χ1) is 9.13. The van der Waals surface area contributed by atoms with Crippen LogP contribution in [0.15, 0.2) is 18.2 Å². The van der Waals surface area contributed by atoms with E-state index < -0.39 is 0 Å². The molecule has 5 nitrogen and oxygen atoms in total. The van der Waals surface area contributed by atoms with Crippen molar-refractivity contribution >= 4 is 17.3 Å². The fourth-order valence-corrected chi connectivity index (χ4v) is 2.09. The first kappa shape index (κ1) is 13.7. The summed E-state index contributed by atoms with van der Waals surface area (Å²) in [7, 11) is 1.59. The maximum Gasteiger partial charge on any atom is 0.238 e. The summed E-state index contributed by atoms with van der Waals surface area (Å²) in [5.74, 6) is 0.661. The lowest BCUT2D eigenvalue weighted by Crippen LogP contribution is -2.34. The molecule has 3 N–H and O–H groups in total. The highest BCUT2D eigenvalue weighted by Crippen LogP contribution is 2.27. The van der Waals surface area contributed by atoms with Crippen molar-refractivity contribution < 1.29 is 9.53 Å². The van der Waals surface area contributed by atoms with Gasteiger partial charge >= 0.3 is 0 Å². The Balaban J connectivity index is 1.94. The molecule has 0 radical (unpaired) electrons. The highest BCUT2D eigenvalue weighted by Gasteiger charge is 2.29. The molecule has 1 aliphatic carbocycles. The van der Waals surface area contributed by atoms with E-state index in [1.165, 1.54) is 12.8 Å². The molecule has 0 bridgehead atoms. The van der Waals surface area contributed by atoms with Crippen LogP contribution in [0.5, 0.6) is 5.75 Å². The van der Waals surface area contributed by atoms with Gasteiger partial charge in [0.05, 0.1) is 25.0 Å². The van der Waals surface area contributed by atoms with E-state index in [4.69, 9.17) is 10.5 Å². The van der Waals surface area contributed by atoms with Gasteiger partial charge in [0.1, 0.15) is 5.75 Å². The van der Waals surface area contributed by atoms with Crippen LogP contribution in [-0.2, 0) is 4.79 Å². The number of nitrogens with zero attached hydrogens (tertiary/aromatic N) is 1. The van der Waals surface area contributed by atoms with Gasteiger partial charge in [-0.2, -0.15) is 0 Å². The first-order valence-electron chi connectivity index (χ1n) is 6.61. The van der Waals surface area contributed by atoms with Crippen LogP contribution in [0.3, 0.4) is 0 Å². The number of benzene rings is 1. The lowest BCUT2D eigenvalue weighted by atomic mass is 10.2. The molecule has 0 heterocycles. The minimum atomic E-state index is -0.0226. The second kappa shape index (κ2) is 5.93. The fraction of sp³-hybridized carbons (Fsp3) is 0.500. The lowest BCUT2D eigenvalue weighted by molar-refractivity contribution is -0.117. The van der Waals surface area contributed by atoms with Gasteiger partial charge in [-0.15, -0.1) is 0 Å². The highest BCUT2D eigenvalue weighted by molar-refractivity contribution is 5.95. The third kappa shape index (κ3) is 3.61. The third-order valence-corrected chi connectivity index (χ3v) is 3.35. The number of nitrogen functional groups attached to an aromatic ring is 1. The number of nitrogens with one attached hydrogen (secondary N) is 1. The van der Waals surface area contributed by atoms with Crippen LogP contribution in [-0.4, -0.2) is 37.0 Å². The minimum Gasteiger partial charge on any atom is -0.497 e. The van der Waals surface area contributed by atoms with E-state index in [1.807, 2.05) is 0 Å². The summed E-state index contributed by atoms with van der Waals surface area (Å²) < 4.78 is 5.08. The van der Waals surface area contributed by atoms with Gasteiger partial charge in [-0.3, -0.25) is 9.69 Å². The molecule has 0 aromatic heterocycles. The number of hydrogen-bond acceptors (Lipinski definition) is 4. The van der Waals surface area contributed by atoms with Crippen molar-refractivity contribution in [3.8, 4) is 5.75 Å². The van der Waals surface area contributed by atoms with E-state index in [-0.39, 0.29) is 5.91 Å². The molecule has 5 heteroatoms. The van der Waals surface area contributed by atoms with E-state index in [1.54, 1.807) is 25.3 Å². The predicted molar refractivity (Wildman–Crippen MR) is 76.3 cm³/mol. The number of amides is 1. The lowest BCUT2D eigenvalue weighted by Gasteiger charge is -2.19. The smallest absolute Gasteiger partial charge is 0.238 e. The van der Waals surface area contributed by atoms with Gasteiger partial charge in [0.2, 0.25) is 5.91 Å². The van der Waals surface area contributed by atoms with Gasteiger partial charge in [-0.25, -0.2) is 0 Å². The summed E-state index contributed by atoms with van der Waals surface area (Å²) in [4.78, 5) is 14.2. The van der Waals surface area contributed by atoms with E-state index in [9.17, 15) is 4.79 Å². The van der Waals surface area contributed by atoms with E-state index >= 15 is 0 Å². The number of methoxy groups -OCH3 is 1. The molecule has 104 valence electrons. The third-order valence-electron chi connectivity index (χ3n) is 3.35. The largest absolute Gasteiger partial charge is 0.497 e. The maximum atomic E-state index is 12.0. The van der Waals surface area contributed by atoms with E-state index in [0.29, 0.717) is 29.7 Å². The van der Waals surface area contributed by atoms with Gasteiger partial charge in [-0.05, 0) is 31.5 Å². The molecule has 1 aromatic rings. The summed E-state index contributed by atoms with van der Waals surface area (Å²) in [6.07, 6.45) is 2.40. The average molecular weight is 263 g/mol. The second-order valence-corrected chi connectivity index (χ2v) is 4.80. The monoisotopic (exact) mass is 263 g/mol. The van der Waals surface area contributed by atoms with Crippen LogP contribution in [0.25, 0.3) is 0 Å². The Labute approximate surface area is 113 Å². The normalized spacial score (nSPS) is 14.5. The number of carbonyl (C=O) groups is 1. The second-order valence-electron chi connectivity index (χ2n) is 4.80. The van der Waals surface area contributed by atoms with Gasteiger partial charge in [0.25, 0.3) is 0 Å². The molecule has 1 amide bonds. The molecule has 0 unspecified atom stereocenters. The Bertz CT molecular complexity index is 458. The number of anilines is 2. The van der Waals surface area contributed by atoms with Crippen molar-refractivity contribution in [3.63, 3.8) is 0 Å². The summed E-state index contributed by atoms with van der Waals surface area (Å²) in [6, 6.07) is 5.84. The van der Waals surface area contributed by atoms with E-state index in [0.717, 1.165) is 6.54 Å². The Hall–Kier alpha value is -1.75. The zero-order chi connectivity index (χ0) is 13.8. The van der Waals surface area contributed by atoms with Crippen LogP contribution in [0.1, 0.15) is 19.8 Å². The zero-order valence-electron chi connectivity index (χ0n) is 11.5. The van der Waals surface area contributed by atoms with Crippen molar-refractivity contribution in [2.24, 2.45) is 0 Å². The number of ether oxygens (including phenoxy) is 1. The Kier molecular flexibility index (Phi) is 4.27. The SMILES string of the molecule is CCN(CC(=O)Nc1ccc(OC)cc1N)C1CC1. The molecule has 1 aliphatic rings. The molecule has 19 heavy (non-hydrogen) atoms.